The summed E-state index contributed by atoms with van der Waals surface area (Å²) in [4.78, 5) is 13.2. The Morgan fingerprint density at radius 1 is 1.07 bits per heavy atom. The van der Waals surface area contributed by atoms with Crippen LogP contribution in [0.2, 0.25) is 0 Å². The monoisotopic (exact) mass is 407 g/mol. The maximum absolute atomic E-state index is 12.9. The van der Waals surface area contributed by atoms with Gasteiger partial charge in [0.25, 0.3) is 5.91 Å². The lowest BCUT2D eigenvalue weighted by Gasteiger charge is -2.36. The third-order valence-corrected chi connectivity index (χ3v) is 5.50. The number of amides is 1. The number of piperidine rings is 1. The molecular formula is C22H26F3N2O2+. The van der Waals surface area contributed by atoms with Gasteiger partial charge in [-0.15, -0.1) is 0 Å². The second-order valence-corrected chi connectivity index (χ2v) is 7.62. The van der Waals surface area contributed by atoms with Crippen molar-refractivity contribution in [1.29, 1.82) is 0 Å². The third kappa shape index (κ3) is 5.81. The van der Waals surface area contributed by atoms with E-state index in [-0.39, 0.29) is 5.91 Å². The van der Waals surface area contributed by atoms with Gasteiger partial charge in [0.2, 0.25) is 0 Å². The van der Waals surface area contributed by atoms with Crippen molar-refractivity contribution in [3.63, 3.8) is 0 Å². The van der Waals surface area contributed by atoms with Gasteiger partial charge in [0.15, 0.2) is 6.54 Å². The van der Waals surface area contributed by atoms with E-state index in [1.807, 2.05) is 30.3 Å². The van der Waals surface area contributed by atoms with Crippen LogP contribution >= 0.6 is 0 Å². The Hall–Kier alpha value is -2.38. The van der Waals surface area contributed by atoms with Crippen LogP contribution in [0.3, 0.4) is 0 Å². The van der Waals surface area contributed by atoms with Crippen LogP contribution in [0.1, 0.15) is 29.5 Å². The molecule has 4 nitrogen and oxygen atoms in total. The van der Waals surface area contributed by atoms with E-state index >= 15 is 0 Å². The topological polar surface area (TPSA) is 53.8 Å². The highest BCUT2D eigenvalue weighted by atomic mass is 19.4. The van der Waals surface area contributed by atoms with Gasteiger partial charge in [0, 0.05) is 19.4 Å². The van der Waals surface area contributed by atoms with Crippen molar-refractivity contribution >= 4 is 5.91 Å². The lowest BCUT2D eigenvalue weighted by atomic mass is 9.83. The van der Waals surface area contributed by atoms with Gasteiger partial charge in [-0.1, -0.05) is 42.5 Å². The van der Waals surface area contributed by atoms with Gasteiger partial charge in [0.05, 0.1) is 18.7 Å². The summed E-state index contributed by atoms with van der Waals surface area (Å²) in [6.45, 7) is 1.91. The van der Waals surface area contributed by atoms with Gasteiger partial charge in [-0.2, -0.15) is 13.2 Å². The minimum absolute atomic E-state index is 0.0551. The highest BCUT2D eigenvalue weighted by Crippen LogP contribution is 2.35. The number of alkyl halides is 3. The molecule has 0 bridgehead atoms. The zero-order valence-corrected chi connectivity index (χ0v) is 16.1. The van der Waals surface area contributed by atoms with Gasteiger partial charge >= 0.3 is 6.18 Å². The molecule has 1 aliphatic rings. The van der Waals surface area contributed by atoms with Gasteiger partial charge in [-0.3, -0.25) is 4.79 Å². The first-order valence-electron chi connectivity index (χ1n) is 9.81. The molecule has 1 aliphatic heterocycles. The number of benzene rings is 2. The number of aliphatic hydroxyl groups is 1. The maximum Gasteiger partial charge on any atom is 0.416 e. The Labute approximate surface area is 168 Å². The van der Waals surface area contributed by atoms with Gasteiger partial charge in [-0.05, 0) is 29.7 Å². The first-order chi connectivity index (χ1) is 13.8. The summed E-state index contributed by atoms with van der Waals surface area (Å²) >= 11 is 0. The molecule has 0 aromatic heterocycles. The standard InChI is InChI=1S/C22H25F3N2O2/c23-22(24,25)19-8-4-7-18(15-19)21(29)10-13-27(14-11-21)16-20(28)26-12-9-17-5-2-1-3-6-17/h1-8,15,29H,9-14,16H2,(H,26,28)/p+1. The minimum atomic E-state index is -4.43. The second-order valence-electron chi connectivity index (χ2n) is 7.62. The number of quaternary nitrogens is 1. The summed E-state index contributed by atoms with van der Waals surface area (Å²) in [6, 6.07) is 14.8. The predicted octanol–water partition coefficient (Wildman–Crippen LogP) is 1.93. The first kappa shape index (κ1) is 21.3. The number of hydrogen-bond acceptors (Lipinski definition) is 2. The van der Waals surface area contributed by atoms with Crippen molar-refractivity contribution in [3.8, 4) is 0 Å². The molecule has 0 radical (unpaired) electrons. The number of nitrogens with one attached hydrogen (secondary N) is 2. The van der Waals surface area contributed by atoms with Crippen LogP contribution in [0.15, 0.2) is 54.6 Å². The van der Waals surface area contributed by atoms with Crippen LogP contribution in [0.25, 0.3) is 0 Å². The molecule has 0 saturated carbocycles. The Morgan fingerprint density at radius 2 is 1.76 bits per heavy atom. The lowest BCUT2D eigenvalue weighted by Crippen LogP contribution is -3.14. The SMILES string of the molecule is O=C(C[NH+]1CCC(O)(c2cccc(C(F)(F)F)c2)CC1)NCCc1ccccc1. The number of carbonyl (C=O) groups is 1. The van der Waals surface area contributed by atoms with Crippen molar-refractivity contribution in [2.75, 3.05) is 26.2 Å². The fourth-order valence-corrected chi connectivity index (χ4v) is 3.75. The Kier molecular flexibility index (Phi) is 6.59. The maximum atomic E-state index is 12.9. The summed E-state index contributed by atoms with van der Waals surface area (Å²) in [7, 11) is 0. The number of rotatable bonds is 6. The van der Waals surface area contributed by atoms with Crippen molar-refractivity contribution < 1.29 is 28.0 Å². The van der Waals surface area contributed by atoms with E-state index in [2.05, 4.69) is 5.32 Å². The third-order valence-electron chi connectivity index (χ3n) is 5.50. The summed E-state index contributed by atoms with van der Waals surface area (Å²) in [5, 5.41) is 13.8. The number of likely N-dealkylation sites (tertiary alicyclic amines) is 1. The molecule has 29 heavy (non-hydrogen) atoms. The number of halogens is 3. The van der Waals surface area contributed by atoms with E-state index < -0.39 is 17.3 Å². The van der Waals surface area contributed by atoms with E-state index in [0.717, 1.165) is 29.0 Å². The van der Waals surface area contributed by atoms with Crippen molar-refractivity contribution in [3.05, 3.63) is 71.3 Å². The summed E-state index contributed by atoms with van der Waals surface area (Å²) in [5.41, 5.74) is -0.590. The Morgan fingerprint density at radius 3 is 2.41 bits per heavy atom. The fraction of sp³-hybridized carbons (Fsp3) is 0.409. The van der Waals surface area contributed by atoms with E-state index in [1.165, 1.54) is 12.1 Å². The summed E-state index contributed by atoms with van der Waals surface area (Å²) in [5.74, 6) is -0.0551. The largest absolute Gasteiger partial charge is 0.416 e. The second kappa shape index (κ2) is 8.97. The van der Waals surface area contributed by atoms with Crippen LogP contribution in [0, 0.1) is 0 Å². The van der Waals surface area contributed by atoms with Crippen LogP contribution in [-0.2, 0) is 23.0 Å². The van der Waals surface area contributed by atoms with Crippen molar-refractivity contribution in [1.82, 2.24) is 5.32 Å². The van der Waals surface area contributed by atoms with Crippen LogP contribution in [-0.4, -0.2) is 37.2 Å². The van der Waals surface area contributed by atoms with E-state index in [9.17, 15) is 23.1 Å². The Bertz CT molecular complexity index is 816. The van der Waals surface area contributed by atoms with Crippen molar-refractivity contribution in [2.24, 2.45) is 0 Å². The molecule has 7 heteroatoms. The molecule has 1 saturated heterocycles. The van der Waals surface area contributed by atoms with Crippen LogP contribution < -0.4 is 10.2 Å². The Balaban J connectivity index is 1.48. The number of hydrogen-bond donors (Lipinski definition) is 3. The summed E-state index contributed by atoms with van der Waals surface area (Å²) in [6.07, 6.45) is -3.03. The predicted molar refractivity (Wildman–Crippen MR) is 103 cm³/mol. The van der Waals surface area contributed by atoms with E-state index in [4.69, 9.17) is 0 Å². The molecule has 3 rings (SSSR count). The molecule has 0 spiro atoms. The highest BCUT2D eigenvalue weighted by Gasteiger charge is 2.38. The molecule has 2 aromatic carbocycles. The van der Waals surface area contributed by atoms with Gasteiger partial charge in [-0.25, -0.2) is 0 Å². The van der Waals surface area contributed by atoms with Crippen LogP contribution in [0.5, 0.6) is 0 Å². The average Bonchev–Trinajstić information content (AvgIpc) is 2.70. The minimum Gasteiger partial charge on any atom is -0.385 e. The normalized spacial score (nSPS) is 22.3. The molecule has 2 aromatic rings. The highest BCUT2D eigenvalue weighted by molar-refractivity contribution is 5.76. The average molecular weight is 407 g/mol. The molecule has 1 heterocycles. The molecule has 3 N–H and O–H groups in total. The van der Waals surface area contributed by atoms with Crippen LogP contribution in [0.4, 0.5) is 13.2 Å². The molecule has 1 fully saturated rings. The first-order valence-corrected chi connectivity index (χ1v) is 9.81. The molecule has 0 unspecified atom stereocenters. The van der Waals surface area contributed by atoms with Gasteiger partial charge in [0.1, 0.15) is 5.60 Å². The quantitative estimate of drug-likeness (QED) is 0.686. The van der Waals surface area contributed by atoms with E-state index in [0.29, 0.717) is 44.6 Å². The summed E-state index contributed by atoms with van der Waals surface area (Å²) < 4.78 is 38.8. The fourth-order valence-electron chi connectivity index (χ4n) is 3.75. The number of carbonyl (C=O) groups excluding carboxylic acids is 1. The molecular weight excluding hydrogens is 381 g/mol. The molecule has 0 aliphatic carbocycles. The lowest BCUT2D eigenvalue weighted by molar-refractivity contribution is -0.900. The molecule has 156 valence electrons. The molecule has 1 amide bonds. The zero-order valence-electron chi connectivity index (χ0n) is 16.1. The van der Waals surface area contributed by atoms with E-state index in [1.54, 1.807) is 0 Å². The van der Waals surface area contributed by atoms with Gasteiger partial charge < -0.3 is 15.3 Å². The smallest absolute Gasteiger partial charge is 0.385 e. The van der Waals surface area contributed by atoms with Crippen molar-refractivity contribution in [2.45, 2.75) is 31.0 Å². The zero-order chi connectivity index (χ0) is 20.9. The molecule has 0 atom stereocenters.